The number of hydrogen-bond donors (Lipinski definition) is 2. The highest BCUT2D eigenvalue weighted by Crippen LogP contribution is 2.25. The first kappa shape index (κ1) is 17.5. The molecule has 2 N–H and O–H groups in total. The SMILES string of the molecule is CCS(=O)(=O)c1ccc(CC(=O)N[C@H]2CC[C@@H](C(=O)O)C2)cc1. The Balaban J connectivity index is 1.90. The first-order valence-electron chi connectivity index (χ1n) is 7.65. The van der Waals surface area contributed by atoms with Crippen LogP contribution in [-0.2, 0) is 25.8 Å². The maximum atomic E-state index is 12.0. The number of hydrogen-bond acceptors (Lipinski definition) is 4. The average Bonchev–Trinajstić information content (AvgIpc) is 2.96. The number of rotatable bonds is 6. The van der Waals surface area contributed by atoms with Crippen LogP contribution in [0.1, 0.15) is 31.7 Å². The molecule has 0 unspecified atom stereocenters. The van der Waals surface area contributed by atoms with Gasteiger partial charge in [-0.05, 0) is 37.0 Å². The van der Waals surface area contributed by atoms with Gasteiger partial charge >= 0.3 is 5.97 Å². The van der Waals surface area contributed by atoms with Crippen molar-refractivity contribution in [2.75, 3.05) is 5.75 Å². The van der Waals surface area contributed by atoms with Crippen molar-refractivity contribution in [3.8, 4) is 0 Å². The minimum absolute atomic E-state index is 0.0409. The molecular formula is C16H21NO5S. The van der Waals surface area contributed by atoms with Gasteiger partial charge in [-0.3, -0.25) is 9.59 Å². The first-order valence-corrected chi connectivity index (χ1v) is 9.31. The van der Waals surface area contributed by atoms with E-state index in [1.165, 1.54) is 12.1 Å². The minimum atomic E-state index is -3.23. The van der Waals surface area contributed by atoms with Crippen LogP contribution in [0.15, 0.2) is 29.2 Å². The molecule has 0 spiro atoms. The molecule has 1 aromatic rings. The molecule has 1 aliphatic carbocycles. The monoisotopic (exact) mass is 339 g/mol. The molecule has 1 fully saturated rings. The van der Waals surface area contributed by atoms with Gasteiger partial charge in [0.2, 0.25) is 5.91 Å². The Morgan fingerprint density at radius 2 is 1.87 bits per heavy atom. The third-order valence-corrected chi connectivity index (χ3v) is 5.92. The number of aliphatic carboxylic acids is 1. The molecule has 2 atom stereocenters. The molecule has 0 heterocycles. The summed E-state index contributed by atoms with van der Waals surface area (Å²) in [6, 6.07) is 6.20. The van der Waals surface area contributed by atoms with Crippen LogP contribution in [0.5, 0.6) is 0 Å². The summed E-state index contributed by atoms with van der Waals surface area (Å²) in [6.45, 7) is 1.59. The van der Waals surface area contributed by atoms with Crippen molar-refractivity contribution in [1.82, 2.24) is 5.32 Å². The van der Waals surface area contributed by atoms with E-state index in [0.717, 1.165) is 5.56 Å². The van der Waals surface area contributed by atoms with E-state index in [0.29, 0.717) is 19.3 Å². The van der Waals surface area contributed by atoms with Crippen molar-refractivity contribution in [3.05, 3.63) is 29.8 Å². The number of carboxylic acid groups (broad SMARTS) is 1. The van der Waals surface area contributed by atoms with E-state index < -0.39 is 15.8 Å². The minimum Gasteiger partial charge on any atom is -0.481 e. The summed E-state index contributed by atoms with van der Waals surface area (Å²) in [5, 5.41) is 11.8. The molecule has 0 aliphatic heterocycles. The number of carbonyl (C=O) groups is 2. The fraction of sp³-hybridized carbons (Fsp3) is 0.500. The van der Waals surface area contributed by atoms with E-state index in [2.05, 4.69) is 5.32 Å². The molecule has 0 radical (unpaired) electrons. The summed E-state index contributed by atoms with van der Waals surface area (Å²) in [7, 11) is -3.23. The highest BCUT2D eigenvalue weighted by Gasteiger charge is 2.30. The lowest BCUT2D eigenvalue weighted by Crippen LogP contribution is -2.34. The standard InChI is InChI=1S/C16H21NO5S/c1-2-23(21,22)14-7-3-11(4-8-14)9-15(18)17-13-6-5-12(10-13)16(19)20/h3-4,7-8,12-13H,2,5-6,9-10H2,1H3,(H,17,18)(H,19,20)/t12-,13+/m1/s1. The summed E-state index contributed by atoms with van der Waals surface area (Å²) in [4.78, 5) is 23.2. The third kappa shape index (κ3) is 4.54. The molecule has 1 aliphatic rings. The number of carboxylic acids is 1. The highest BCUT2D eigenvalue weighted by molar-refractivity contribution is 7.91. The summed E-state index contributed by atoms with van der Waals surface area (Å²) in [6.07, 6.45) is 1.88. The van der Waals surface area contributed by atoms with Gasteiger partial charge in [0.05, 0.1) is 23.0 Å². The average molecular weight is 339 g/mol. The smallest absolute Gasteiger partial charge is 0.306 e. The normalized spacial score (nSPS) is 21.1. The number of amides is 1. The Morgan fingerprint density at radius 3 is 2.39 bits per heavy atom. The molecule has 1 saturated carbocycles. The zero-order valence-corrected chi connectivity index (χ0v) is 13.8. The van der Waals surface area contributed by atoms with Crippen LogP contribution in [0.2, 0.25) is 0 Å². The van der Waals surface area contributed by atoms with E-state index in [1.807, 2.05) is 0 Å². The van der Waals surface area contributed by atoms with Gasteiger partial charge in [0.15, 0.2) is 9.84 Å². The van der Waals surface area contributed by atoms with Crippen molar-refractivity contribution >= 4 is 21.7 Å². The maximum Gasteiger partial charge on any atom is 0.306 e. The van der Waals surface area contributed by atoms with Crippen molar-refractivity contribution in [2.24, 2.45) is 5.92 Å². The van der Waals surface area contributed by atoms with Gasteiger partial charge < -0.3 is 10.4 Å². The molecule has 2 rings (SSSR count). The second kappa shape index (κ2) is 7.12. The third-order valence-electron chi connectivity index (χ3n) is 4.17. The van der Waals surface area contributed by atoms with Crippen molar-refractivity contribution < 1.29 is 23.1 Å². The van der Waals surface area contributed by atoms with Gasteiger partial charge in [-0.2, -0.15) is 0 Å². The number of carbonyl (C=O) groups excluding carboxylic acids is 1. The Labute approximate surface area is 135 Å². The Hall–Kier alpha value is -1.89. The summed E-state index contributed by atoms with van der Waals surface area (Å²) in [5.41, 5.74) is 0.727. The summed E-state index contributed by atoms with van der Waals surface area (Å²) < 4.78 is 23.4. The van der Waals surface area contributed by atoms with Crippen molar-refractivity contribution in [2.45, 2.75) is 43.5 Å². The van der Waals surface area contributed by atoms with Gasteiger partial charge in [-0.15, -0.1) is 0 Å². The zero-order valence-electron chi connectivity index (χ0n) is 13.0. The van der Waals surface area contributed by atoms with Gasteiger partial charge in [-0.25, -0.2) is 8.42 Å². The fourth-order valence-corrected chi connectivity index (χ4v) is 3.67. The maximum absolute atomic E-state index is 12.0. The second-order valence-electron chi connectivity index (χ2n) is 5.84. The highest BCUT2D eigenvalue weighted by atomic mass is 32.2. The quantitative estimate of drug-likeness (QED) is 0.816. The lowest BCUT2D eigenvalue weighted by atomic mass is 10.1. The number of sulfone groups is 1. The first-order chi connectivity index (χ1) is 10.8. The fourth-order valence-electron chi connectivity index (χ4n) is 2.78. The molecule has 6 nitrogen and oxygen atoms in total. The van der Waals surface area contributed by atoms with Crippen LogP contribution in [-0.4, -0.2) is 37.2 Å². The second-order valence-corrected chi connectivity index (χ2v) is 8.12. The predicted octanol–water partition coefficient (Wildman–Crippen LogP) is 1.39. The van der Waals surface area contributed by atoms with Crippen LogP contribution in [0.25, 0.3) is 0 Å². The van der Waals surface area contributed by atoms with Gasteiger partial charge in [0.25, 0.3) is 0 Å². The van der Waals surface area contributed by atoms with Crippen molar-refractivity contribution in [1.29, 1.82) is 0 Å². The summed E-state index contributed by atoms with van der Waals surface area (Å²) >= 11 is 0. The topological polar surface area (TPSA) is 101 Å². The molecule has 0 bridgehead atoms. The Morgan fingerprint density at radius 1 is 1.22 bits per heavy atom. The van der Waals surface area contributed by atoms with Crippen LogP contribution >= 0.6 is 0 Å². The van der Waals surface area contributed by atoms with Crippen LogP contribution in [0, 0.1) is 5.92 Å². The zero-order chi connectivity index (χ0) is 17.0. The molecule has 23 heavy (non-hydrogen) atoms. The molecule has 126 valence electrons. The number of benzene rings is 1. The lowest BCUT2D eigenvalue weighted by molar-refractivity contribution is -0.141. The number of nitrogens with one attached hydrogen (secondary N) is 1. The summed E-state index contributed by atoms with van der Waals surface area (Å²) in [5.74, 6) is -1.32. The van der Waals surface area contributed by atoms with Gasteiger partial charge in [0.1, 0.15) is 0 Å². The predicted molar refractivity (Wildman–Crippen MR) is 84.8 cm³/mol. The largest absolute Gasteiger partial charge is 0.481 e. The van der Waals surface area contributed by atoms with Gasteiger partial charge in [-0.1, -0.05) is 19.1 Å². The molecular weight excluding hydrogens is 318 g/mol. The Kier molecular flexibility index (Phi) is 5.41. The van der Waals surface area contributed by atoms with E-state index in [4.69, 9.17) is 5.11 Å². The van der Waals surface area contributed by atoms with E-state index >= 15 is 0 Å². The molecule has 1 amide bonds. The van der Waals surface area contributed by atoms with E-state index in [-0.39, 0.29) is 34.9 Å². The van der Waals surface area contributed by atoms with Crippen molar-refractivity contribution in [3.63, 3.8) is 0 Å². The van der Waals surface area contributed by atoms with Crippen LogP contribution < -0.4 is 5.32 Å². The van der Waals surface area contributed by atoms with E-state index in [1.54, 1.807) is 19.1 Å². The van der Waals surface area contributed by atoms with Gasteiger partial charge in [0, 0.05) is 6.04 Å². The molecule has 0 saturated heterocycles. The Bertz CT molecular complexity index is 681. The molecule has 1 aromatic carbocycles. The molecule has 0 aromatic heterocycles. The van der Waals surface area contributed by atoms with E-state index in [9.17, 15) is 18.0 Å². The molecule has 7 heteroatoms. The van der Waals surface area contributed by atoms with Crippen LogP contribution in [0.4, 0.5) is 0 Å². The van der Waals surface area contributed by atoms with Crippen LogP contribution in [0.3, 0.4) is 0 Å². The lowest BCUT2D eigenvalue weighted by Gasteiger charge is -2.12.